The van der Waals surface area contributed by atoms with Crippen molar-refractivity contribution >= 4 is 0 Å². The molecule has 0 saturated carbocycles. The van der Waals surface area contributed by atoms with Crippen LogP contribution in [0.3, 0.4) is 0 Å². The highest BCUT2D eigenvalue weighted by atomic mass is 13.9. The fourth-order valence-electron chi connectivity index (χ4n) is 1.56. The lowest BCUT2D eigenvalue weighted by Gasteiger charge is -1.94. The van der Waals surface area contributed by atoms with Crippen molar-refractivity contribution in [2.24, 2.45) is 0 Å². The molecule has 0 spiro atoms. The molecule has 0 aliphatic carbocycles. The van der Waals surface area contributed by atoms with Gasteiger partial charge in [0.1, 0.15) is 0 Å². The highest BCUT2D eigenvalue weighted by Crippen LogP contribution is 2.04. The van der Waals surface area contributed by atoms with Gasteiger partial charge in [0.15, 0.2) is 0 Å². The summed E-state index contributed by atoms with van der Waals surface area (Å²) in [7, 11) is 0. The molecule has 88 valence electrons. The summed E-state index contributed by atoms with van der Waals surface area (Å²) in [6.07, 6.45) is 21.1. The van der Waals surface area contributed by atoms with Gasteiger partial charge in [-0.3, -0.25) is 0 Å². The minimum atomic E-state index is 1.18. The lowest BCUT2D eigenvalue weighted by atomic mass is 10.1. The van der Waals surface area contributed by atoms with E-state index < -0.39 is 0 Å². The molecule has 0 fully saturated rings. The molecule has 0 heteroatoms. The van der Waals surface area contributed by atoms with E-state index in [9.17, 15) is 0 Å². The van der Waals surface area contributed by atoms with Crippen LogP contribution < -0.4 is 0 Å². The average Bonchev–Trinajstić information content (AvgIpc) is 2.26. The molecule has 0 nitrogen and oxygen atoms in total. The van der Waals surface area contributed by atoms with Gasteiger partial charge in [0.2, 0.25) is 0 Å². The molecule has 0 amide bonds. The van der Waals surface area contributed by atoms with Gasteiger partial charge in [0, 0.05) is 0 Å². The smallest absolute Gasteiger partial charge is 0.0351 e. The molecule has 0 bridgehead atoms. The lowest BCUT2D eigenvalue weighted by molar-refractivity contribution is 0.723. The third-order valence-corrected chi connectivity index (χ3v) is 2.53. The SMILES string of the molecule is CCC=CCCCCC=CCCCCC. The van der Waals surface area contributed by atoms with Gasteiger partial charge in [0.05, 0.1) is 0 Å². The zero-order valence-electron chi connectivity index (χ0n) is 10.7. The molecular weight excluding hydrogens is 180 g/mol. The number of hydrogen-bond acceptors (Lipinski definition) is 0. The van der Waals surface area contributed by atoms with Crippen LogP contribution >= 0.6 is 0 Å². The predicted octanol–water partition coefficient (Wildman–Crippen LogP) is 5.65. The van der Waals surface area contributed by atoms with E-state index in [1.807, 2.05) is 0 Å². The number of rotatable bonds is 10. The van der Waals surface area contributed by atoms with E-state index in [1.165, 1.54) is 57.8 Å². The molecule has 0 aromatic rings. The Hall–Kier alpha value is -0.520. The van der Waals surface area contributed by atoms with Gasteiger partial charge in [-0.1, -0.05) is 51.0 Å². The van der Waals surface area contributed by atoms with Gasteiger partial charge in [-0.25, -0.2) is 0 Å². The van der Waals surface area contributed by atoms with Crippen molar-refractivity contribution in [2.45, 2.75) is 71.6 Å². The third-order valence-electron chi connectivity index (χ3n) is 2.53. The fraction of sp³-hybridized carbons (Fsp3) is 0.733. The second-order valence-electron chi connectivity index (χ2n) is 4.13. The molecule has 0 aliphatic heterocycles. The summed E-state index contributed by atoms with van der Waals surface area (Å²) in [6, 6.07) is 0. The zero-order valence-corrected chi connectivity index (χ0v) is 10.7. The summed E-state index contributed by atoms with van der Waals surface area (Å²) < 4.78 is 0. The summed E-state index contributed by atoms with van der Waals surface area (Å²) in [5, 5.41) is 0. The molecule has 0 rings (SSSR count). The Morgan fingerprint density at radius 2 is 1.07 bits per heavy atom. The van der Waals surface area contributed by atoms with Crippen LogP contribution in [0.2, 0.25) is 0 Å². The number of unbranched alkanes of at least 4 members (excludes halogenated alkanes) is 6. The van der Waals surface area contributed by atoms with Gasteiger partial charge in [-0.05, 0) is 44.9 Å². The quantitative estimate of drug-likeness (QED) is 0.321. The van der Waals surface area contributed by atoms with Crippen molar-refractivity contribution in [2.75, 3.05) is 0 Å². The molecule has 0 radical (unpaired) electrons. The standard InChI is InChI=1S/C15H28/c1-3-5-7-9-11-13-15-14-12-10-8-6-4-2/h5,7,12,14H,3-4,6,8-11,13,15H2,1-2H3. The van der Waals surface area contributed by atoms with Gasteiger partial charge in [-0.2, -0.15) is 0 Å². The Morgan fingerprint density at radius 1 is 0.600 bits per heavy atom. The highest BCUT2D eigenvalue weighted by molar-refractivity contribution is 4.83. The molecule has 0 aliphatic rings. The van der Waals surface area contributed by atoms with Crippen molar-refractivity contribution in [3.63, 3.8) is 0 Å². The first-order chi connectivity index (χ1) is 7.41. The Labute approximate surface area is 96.5 Å². The van der Waals surface area contributed by atoms with Crippen molar-refractivity contribution in [1.82, 2.24) is 0 Å². The molecule has 0 heterocycles. The zero-order chi connectivity index (χ0) is 11.2. The van der Waals surface area contributed by atoms with Crippen molar-refractivity contribution in [1.29, 1.82) is 0 Å². The molecule has 0 aromatic carbocycles. The van der Waals surface area contributed by atoms with E-state index >= 15 is 0 Å². The van der Waals surface area contributed by atoms with E-state index in [0.29, 0.717) is 0 Å². The van der Waals surface area contributed by atoms with Crippen LogP contribution in [0.4, 0.5) is 0 Å². The molecule has 15 heavy (non-hydrogen) atoms. The summed E-state index contributed by atoms with van der Waals surface area (Å²) in [5.74, 6) is 0. The summed E-state index contributed by atoms with van der Waals surface area (Å²) in [4.78, 5) is 0. The second-order valence-corrected chi connectivity index (χ2v) is 4.13. The second kappa shape index (κ2) is 13.5. The van der Waals surface area contributed by atoms with E-state index in [-0.39, 0.29) is 0 Å². The summed E-state index contributed by atoms with van der Waals surface area (Å²) in [6.45, 7) is 4.45. The van der Waals surface area contributed by atoms with E-state index in [1.54, 1.807) is 0 Å². The first-order valence-corrected chi connectivity index (χ1v) is 6.71. The minimum absolute atomic E-state index is 1.18. The highest BCUT2D eigenvalue weighted by Gasteiger charge is 1.84. The Morgan fingerprint density at radius 3 is 1.53 bits per heavy atom. The largest absolute Gasteiger partial charge is 0.0888 e. The third kappa shape index (κ3) is 13.5. The van der Waals surface area contributed by atoms with E-state index in [4.69, 9.17) is 0 Å². The van der Waals surface area contributed by atoms with Crippen molar-refractivity contribution in [3.05, 3.63) is 24.3 Å². The Bertz CT molecular complexity index is 153. The Kier molecular flexibility index (Phi) is 13.0. The van der Waals surface area contributed by atoms with E-state index in [0.717, 1.165) is 0 Å². The fourth-order valence-corrected chi connectivity index (χ4v) is 1.56. The van der Waals surface area contributed by atoms with Crippen molar-refractivity contribution in [3.8, 4) is 0 Å². The maximum Gasteiger partial charge on any atom is -0.0351 e. The summed E-state index contributed by atoms with van der Waals surface area (Å²) >= 11 is 0. The maximum absolute atomic E-state index is 2.36. The van der Waals surface area contributed by atoms with Gasteiger partial charge >= 0.3 is 0 Å². The van der Waals surface area contributed by atoms with Crippen molar-refractivity contribution < 1.29 is 0 Å². The van der Waals surface area contributed by atoms with Crippen LogP contribution in [-0.2, 0) is 0 Å². The normalized spacial score (nSPS) is 11.9. The summed E-state index contributed by atoms with van der Waals surface area (Å²) in [5.41, 5.74) is 0. The van der Waals surface area contributed by atoms with Crippen LogP contribution in [0.15, 0.2) is 24.3 Å². The number of allylic oxidation sites excluding steroid dienone is 4. The minimum Gasteiger partial charge on any atom is -0.0888 e. The average molecular weight is 208 g/mol. The van der Waals surface area contributed by atoms with E-state index in [2.05, 4.69) is 38.2 Å². The Balaban J connectivity index is 3.06. The van der Waals surface area contributed by atoms with Gasteiger partial charge < -0.3 is 0 Å². The maximum atomic E-state index is 2.36. The molecule has 0 saturated heterocycles. The monoisotopic (exact) mass is 208 g/mol. The van der Waals surface area contributed by atoms with Gasteiger partial charge in [-0.15, -0.1) is 0 Å². The molecular formula is C15H28. The molecule has 0 unspecified atom stereocenters. The van der Waals surface area contributed by atoms with Crippen LogP contribution in [0.25, 0.3) is 0 Å². The first-order valence-electron chi connectivity index (χ1n) is 6.71. The predicted molar refractivity (Wildman–Crippen MR) is 71.2 cm³/mol. The lowest BCUT2D eigenvalue weighted by Crippen LogP contribution is -1.74. The topological polar surface area (TPSA) is 0 Å². The molecule has 0 N–H and O–H groups in total. The van der Waals surface area contributed by atoms with Gasteiger partial charge in [0.25, 0.3) is 0 Å². The number of hydrogen-bond donors (Lipinski definition) is 0. The van der Waals surface area contributed by atoms with Crippen LogP contribution in [0.1, 0.15) is 71.6 Å². The van der Waals surface area contributed by atoms with Crippen LogP contribution in [0, 0.1) is 0 Å². The van der Waals surface area contributed by atoms with Crippen LogP contribution in [0.5, 0.6) is 0 Å². The molecule has 0 atom stereocenters. The molecule has 0 aromatic heterocycles. The first kappa shape index (κ1) is 14.5. The van der Waals surface area contributed by atoms with Crippen LogP contribution in [-0.4, -0.2) is 0 Å².